The van der Waals surface area contributed by atoms with Crippen molar-refractivity contribution in [2.75, 3.05) is 13.2 Å². The maximum absolute atomic E-state index is 12.0. The molecule has 4 heteroatoms. The van der Waals surface area contributed by atoms with Gasteiger partial charge in [0.1, 0.15) is 0 Å². The molecule has 2 aliphatic rings. The molecule has 0 heterocycles. The van der Waals surface area contributed by atoms with Crippen LogP contribution in [-0.4, -0.2) is 25.2 Å². The van der Waals surface area contributed by atoms with Crippen molar-refractivity contribution in [2.24, 2.45) is 23.7 Å². The van der Waals surface area contributed by atoms with Gasteiger partial charge in [0.15, 0.2) is 0 Å². The monoisotopic (exact) mass is 422 g/mol. The highest BCUT2D eigenvalue weighted by atomic mass is 16.5. The van der Waals surface area contributed by atoms with Crippen molar-refractivity contribution in [3.63, 3.8) is 0 Å². The lowest BCUT2D eigenvalue weighted by Crippen LogP contribution is -2.19. The first-order valence-corrected chi connectivity index (χ1v) is 13.0. The number of esters is 2. The van der Waals surface area contributed by atoms with Crippen LogP contribution in [0.25, 0.3) is 0 Å². The number of carbonyl (C=O) groups is 2. The number of rotatable bonds is 19. The predicted octanol–water partition coefficient (Wildman–Crippen LogP) is 6.85. The summed E-state index contributed by atoms with van der Waals surface area (Å²) >= 11 is 0. The lowest BCUT2D eigenvalue weighted by Gasteiger charge is -2.14. The van der Waals surface area contributed by atoms with E-state index in [2.05, 4.69) is 0 Å². The summed E-state index contributed by atoms with van der Waals surface area (Å²) in [5, 5.41) is 0. The Morgan fingerprint density at radius 1 is 0.600 bits per heavy atom. The molecule has 0 radical (unpaired) electrons. The van der Waals surface area contributed by atoms with E-state index in [1.165, 1.54) is 89.9 Å². The second-order valence-corrected chi connectivity index (χ2v) is 9.50. The van der Waals surface area contributed by atoms with E-state index in [1.54, 1.807) is 0 Å². The van der Waals surface area contributed by atoms with E-state index in [-0.39, 0.29) is 23.8 Å². The zero-order chi connectivity index (χ0) is 21.6. The van der Waals surface area contributed by atoms with Crippen LogP contribution in [0.15, 0.2) is 0 Å². The molecule has 2 fully saturated rings. The molecule has 0 N–H and O–H groups in total. The Morgan fingerprint density at radius 2 is 0.900 bits per heavy atom. The molecule has 4 nitrogen and oxygen atoms in total. The Morgan fingerprint density at radius 3 is 1.17 bits per heavy atom. The summed E-state index contributed by atoms with van der Waals surface area (Å²) < 4.78 is 10.5. The van der Waals surface area contributed by atoms with Crippen molar-refractivity contribution in [3.8, 4) is 0 Å². The standard InChI is InChI=1S/C26H46O4/c1-3-29-25(27)23(21-17-18-21)15-13-11-9-7-5-6-8-10-12-14-16-24(22-19-20-22)26(28)30-4-2/h21-24H,3-20H2,1-2H3. The van der Waals surface area contributed by atoms with E-state index in [4.69, 9.17) is 9.47 Å². The van der Waals surface area contributed by atoms with Gasteiger partial charge in [0.25, 0.3) is 0 Å². The first-order valence-electron chi connectivity index (χ1n) is 13.0. The lowest BCUT2D eigenvalue weighted by molar-refractivity contribution is -0.150. The molecule has 0 aromatic heterocycles. The molecule has 0 saturated heterocycles. The summed E-state index contributed by atoms with van der Waals surface area (Å²) in [6, 6.07) is 0. The van der Waals surface area contributed by atoms with Crippen molar-refractivity contribution in [1.29, 1.82) is 0 Å². The van der Waals surface area contributed by atoms with Crippen LogP contribution in [0.4, 0.5) is 0 Å². The van der Waals surface area contributed by atoms with Gasteiger partial charge in [-0.2, -0.15) is 0 Å². The van der Waals surface area contributed by atoms with Crippen molar-refractivity contribution < 1.29 is 19.1 Å². The van der Waals surface area contributed by atoms with Crippen molar-refractivity contribution in [1.82, 2.24) is 0 Å². The fraction of sp³-hybridized carbons (Fsp3) is 0.923. The summed E-state index contributed by atoms with van der Waals surface area (Å²) in [6.07, 6.45) is 19.6. The molecule has 0 bridgehead atoms. The second kappa shape index (κ2) is 14.9. The van der Waals surface area contributed by atoms with E-state index >= 15 is 0 Å². The van der Waals surface area contributed by atoms with Crippen LogP contribution in [0.5, 0.6) is 0 Å². The Kier molecular flexibility index (Phi) is 12.5. The average Bonchev–Trinajstić information content (AvgIpc) is 3.62. The second-order valence-electron chi connectivity index (χ2n) is 9.50. The molecule has 30 heavy (non-hydrogen) atoms. The van der Waals surface area contributed by atoms with Crippen molar-refractivity contribution in [3.05, 3.63) is 0 Å². The molecule has 2 aliphatic carbocycles. The maximum atomic E-state index is 12.0. The molecule has 0 amide bonds. The quantitative estimate of drug-likeness (QED) is 0.169. The Labute approximate surface area is 184 Å². The van der Waals surface area contributed by atoms with Crippen molar-refractivity contribution >= 4 is 11.9 Å². The van der Waals surface area contributed by atoms with E-state index < -0.39 is 0 Å². The summed E-state index contributed by atoms with van der Waals surface area (Å²) in [7, 11) is 0. The normalized spacial score (nSPS) is 18.1. The van der Waals surface area contributed by atoms with Gasteiger partial charge in [-0.05, 0) is 64.2 Å². The van der Waals surface area contributed by atoms with Crippen LogP contribution in [0.2, 0.25) is 0 Å². The molecule has 2 atom stereocenters. The van der Waals surface area contributed by atoms with Gasteiger partial charge in [-0.15, -0.1) is 0 Å². The van der Waals surface area contributed by atoms with E-state index in [1.807, 2.05) is 13.8 Å². The minimum Gasteiger partial charge on any atom is -0.466 e. The maximum Gasteiger partial charge on any atom is 0.309 e. The lowest BCUT2D eigenvalue weighted by atomic mass is 9.95. The van der Waals surface area contributed by atoms with Gasteiger partial charge in [0.2, 0.25) is 0 Å². The molecule has 0 aromatic rings. The van der Waals surface area contributed by atoms with Gasteiger partial charge >= 0.3 is 11.9 Å². The molecular weight excluding hydrogens is 376 g/mol. The van der Waals surface area contributed by atoms with Gasteiger partial charge in [0, 0.05) is 0 Å². The molecule has 2 saturated carbocycles. The highest BCUT2D eigenvalue weighted by Gasteiger charge is 2.37. The summed E-state index contributed by atoms with van der Waals surface area (Å²) in [5.41, 5.74) is 0. The third-order valence-electron chi connectivity index (χ3n) is 6.84. The fourth-order valence-corrected chi connectivity index (χ4v) is 4.73. The average molecular weight is 423 g/mol. The van der Waals surface area contributed by atoms with Gasteiger partial charge in [-0.3, -0.25) is 9.59 Å². The molecule has 174 valence electrons. The smallest absolute Gasteiger partial charge is 0.309 e. The molecule has 2 unspecified atom stereocenters. The minimum absolute atomic E-state index is 0.0470. The topological polar surface area (TPSA) is 52.6 Å². The van der Waals surface area contributed by atoms with Crippen LogP contribution in [0.3, 0.4) is 0 Å². The van der Waals surface area contributed by atoms with Gasteiger partial charge in [-0.25, -0.2) is 0 Å². The van der Waals surface area contributed by atoms with Gasteiger partial charge in [0.05, 0.1) is 25.0 Å². The predicted molar refractivity (Wildman–Crippen MR) is 121 cm³/mol. The van der Waals surface area contributed by atoms with E-state index in [0.29, 0.717) is 25.0 Å². The van der Waals surface area contributed by atoms with Gasteiger partial charge in [-0.1, -0.05) is 64.2 Å². The van der Waals surface area contributed by atoms with Crippen LogP contribution in [0.1, 0.15) is 117 Å². The minimum atomic E-state index is 0.0470. The number of unbranched alkanes of at least 4 members (excludes halogenated alkanes) is 9. The number of ether oxygens (including phenoxy) is 2. The summed E-state index contributed by atoms with van der Waals surface area (Å²) in [4.78, 5) is 24.1. The Hall–Kier alpha value is -1.06. The van der Waals surface area contributed by atoms with Crippen LogP contribution in [0, 0.1) is 23.7 Å². The van der Waals surface area contributed by atoms with E-state index in [9.17, 15) is 9.59 Å². The zero-order valence-corrected chi connectivity index (χ0v) is 19.7. The molecule has 0 spiro atoms. The summed E-state index contributed by atoms with van der Waals surface area (Å²) in [5.74, 6) is 1.67. The van der Waals surface area contributed by atoms with Crippen molar-refractivity contribution in [2.45, 2.75) is 117 Å². The van der Waals surface area contributed by atoms with Crippen LogP contribution in [-0.2, 0) is 19.1 Å². The highest BCUT2D eigenvalue weighted by molar-refractivity contribution is 5.73. The first-order chi connectivity index (χ1) is 14.7. The SMILES string of the molecule is CCOC(=O)C(CCCCCCCCCCCCC(C(=O)OCC)C1CC1)C1CC1. The number of hydrogen-bond donors (Lipinski definition) is 0. The van der Waals surface area contributed by atoms with Gasteiger partial charge < -0.3 is 9.47 Å². The Bertz CT molecular complexity index is 437. The highest BCUT2D eigenvalue weighted by Crippen LogP contribution is 2.41. The molecule has 2 rings (SSSR count). The number of hydrogen-bond acceptors (Lipinski definition) is 4. The number of carbonyl (C=O) groups excluding carboxylic acids is 2. The third-order valence-corrected chi connectivity index (χ3v) is 6.84. The Balaban J connectivity index is 1.38. The molecular formula is C26H46O4. The molecule has 0 aromatic carbocycles. The fourth-order valence-electron chi connectivity index (χ4n) is 4.73. The summed E-state index contributed by atoms with van der Waals surface area (Å²) in [6.45, 7) is 4.82. The molecule has 0 aliphatic heterocycles. The van der Waals surface area contributed by atoms with Crippen LogP contribution < -0.4 is 0 Å². The largest absolute Gasteiger partial charge is 0.466 e. The first kappa shape index (κ1) is 25.2. The third kappa shape index (κ3) is 10.3. The van der Waals surface area contributed by atoms with E-state index in [0.717, 1.165) is 12.8 Å². The zero-order valence-electron chi connectivity index (χ0n) is 19.7. The van der Waals surface area contributed by atoms with Crippen LogP contribution >= 0.6 is 0 Å².